The number of aromatic hydroxyl groups is 2. The van der Waals surface area contributed by atoms with Crippen molar-refractivity contribution in [3.8, 4) is 11.5 Å². The second-order valence-corrected chi connectivity index (χ2v) is 3.63. The van der Waals surface area contributed by atoms with Crippen molar-refractivity contribution in [3.05, 3.63) is 48.0 Å². The van der Waals surface area contributed by atoms with Crippen molar-refractivity contribution in [3.63, 3.8) is 0 Å². The number of hydrogen-bond acceptors (Lipinski definition) is 4. The van der Waals surface area contributed by atoms with E-state index in [9.17, 15) is 10.2 Å². The van der Waals surface area contributed by atoms with Gasteiger partial charge in [0, 0.05) is 0 Å². The third-order valence-electron chi connectivity index (χ3n) is 2.36. The fraction of sp³-hybridized carbons (Fsp3) is 0.0769. The summed E-state index contributed by atoms with van der Waals surface area (Å²) in [4.78, 5) is 0. The van der Waals surface area contributed by atoms with E-state index in [1.54, 1.807) is 43.3 Å². The maximum Gasteiger partial charge on any atom is 0.145 e. The van der Waals surface area contributed by atoms with E-state index in [4.69, 9.17) is 0 Å². The van der Waals surface area contributed by atoms with Crippen LogP contribution in [0.3, 0.4) is 0 Å². The predicted molar refractivity (Wildman–Crippen MR) is 65.1 cm³/mol. The van der Waals surface area contributed by atoms with Crippen molar-refractivity contribution >= 4 is 11.4 Å². The highest BCUT2D eigenvalue weighted by Gasteiger charge is 2.02. The van der Waals surface area contributed by atoms with E-state index in [1.807, 2.05) is 0 Å². The minimum Gasteiger partial charge on any atom is -0.506 e. The first kappa shape index (κ1) is 11.1. The minimum atomic E-state index is 0.0587. The average molecular weight is 228 g/mol. The first-order valence-corrected chi connectivity index (χ1v) is 5.17. The molecule has 0 unspecified atom stereocenters. The lowest BCUT2D eigenvalue weighted by Gasteiger charge is -2.01. The molecule has 2 aromatic carbocycles. The van der Waals surface area contributed by atoms with Crippen molar-refractivity contribution in [1.29, 1.82) is 0 Å². The summed E-state index contributed by atoms with van der Waals surface area (Å²) >= 11 is 0. The highest BCUT2D eigenvalue weighted by atomic mass is 16.3. The molecule has 4 heteroatoms. The van der Waals surface area contributed by atoms with E-state index in [0.29, 0.717) is 11.4 Å². The van der Waals surface area contributed by atoms with Crippen LogP contribution in [0.4, 0.5) is 11.4 Å². The summed E-state index contributed by atoms with van der Waals surface area (Å²) in [6.45, 7) is 1.79. The first-order valence-electron chi connectivity index (χ1n) is 5.17. The zero-order chi connectivity index (χ0) is 12.3. The summed E-state index contributed by atoms with van der Waals surface area (Å²) in [5, 5.41) is 27.0. The number of aryl methyl sites for hydroxylation is 1. The lowest BCUT2D eigenvalue weighted by atomic mass is 10.2. The SMILES string of the molecule is Cc1cccc(N=Nc2ccccc2O)c1O. The Bertz CT molecular complexity index is 565. The Kier molecular flexibility index (Phi) is 3.05. The average Bonchev–Trinajstić information content (AvgIpc) is 2.33. The molecule has 17 heavy (non-hydrogen) atoms. The Hall–Kier alpha value is -2.36. The van der Waals surface area contributed by atoms with Gasteiger partial charge >= 0.3 is 0 Å². The molecule has 0 saturated carbocycles. The quantitative estimate of drug-likeness (QED) is 0.767. The molecule has 0 aliphatic carbocycles. The molecule has 0 spiro atoms. The molecule has 0 amide bonds. The van der Waals surface area contributed by atoms with Gasteiger partial charge in [-0.25, -0.2) is 0 Å². The van der Waals surface area contributed by atoms with Crippen LogP contribution in [0.2, 0.25) is 0 Å². The third-order valence-corrected chi connectivity index (χ3v) is 2.36. The van der Waals surface area contributed by atoms with Crippen LogP contribution in [0.25, 0.3) is 0 Å². The van der Waals surface area contributed by atoms with Crippen LogP contribution >= 0.6 is 0 Å². The predicted octanol–water partition coefficient (Wildman–Crippen LogP) is 3.82. The molecule has 0 aliphatic rings. The van der Waals surface area contributed by atoms with Gasteiger partial charge in [0.25, 0.3) is 0 Å². The monoisotopic (exact) mass is 228 g/mol. The van der Waals surface area contributed by atoms with Gasteiger partial charge in [0.15, 0.2) is 0 Å². The van der Waals surface area contributed by atoms with Crippen LogP contribution in [0.5, 0.6) is 11.5 Å². The molecule has 0 radical (unpaired) electrons. The van der Waals surface area contributed by atoms with Crippen molar-refractivity contribution < 1.29 is 10.2 Å². The van der Waals surface area contributed by atoms with E-state index in [-0.39, 0.29) is 11.5 Å². The highest BCUT2D eigenvalue weighted by Crippen LogP contribution is 2.32. The molecule has 0 heterocycles. The van der Waals surface area contributed by atoms with Crippen LogP contribution in [0.15, 0.2) is 52.7 Å². The molecule has 2 rings (SSSR count). The van der Waals surface area contributed by atoms with Gasteiger partial charge in [-0.2, -0.15) is 0 Å². The molecule has 0 aromatic heterocycles. The Morgan fingerprint density at radius 1 is 0.824 bits per heavy atom. The Labute approximate surface area is 98.9 Å². The van der Waals surface area contributed by atoms with Gasteiger partial charge in [0.1, 0.15) is 22.9 Å². The fourth-order valence-corrected chi connectivity index (χ4v) is 1.38. The van der Waals surface area contributed by atoms with Gasteiger partial charge in [-0.1, -0.05) is 24.3 Å². The number of azo groups is 1. The minimum absolute atomic E-state index is 0.0587. The van der Waals surface area contributed by atoms with Gasteiger partial charge in [-0.15, -0.1) is 10.2 Å². The second kappa shape index (κ2) is 4.65. The van der Waals surface area contributed by atoms with Crippen LogP contribution in [-0.2, 0) is 0 Å². The summed E-state index contributed by atoms with van der Waals surface area (Å²) in [7, 11) is 0. The standard InChI is InChI=1S/C13H12N2O2/c1-9-5-4-7-11(13(9)17)15-14-10-6-2-3-8-12(10)16/h2-8,16-17H,1H3. The smallest absolute Gasteiger partial charge is 0.145 e. The number of para-hydroxylation sites is 2. The summed E-state index contributed by atoms with van der Waals surface area (Å²) in [6, 6.07) is 11.9. The van der Waals surface area contributed by atoms with E-state index in [1.165, 1.54) is 6.07 Å². The summed E-state index contributed by atoms with van der Waals surface area (Å²) in [5.74, 6) is 0.162. The summed E-state index contributed by atoms with van der Waals surface area (Å²) in [5.41, 5.74) is 1.49. The second-order valence-electron chi connectivity index (χ2n) is 3.63. The Balaban J connectivity index is 2.33. The zero-order valence-corrected chi connectivity index (χ0v) is 9.33. The zero-order valence-electron chi connectivity index (χ0n) is 9.33. The fourth-order valence-electron chi connectivity index (χ4n) is 1.38. The lowest BCUT2D eigenvalue weighted by molar-refractivity contribution is 0.471. The maximum absolute atomic E-state index is 9.73. The van der Waals surface area contributed by atoms with Gasteiger partial charge in [0.2, 0.25) is 0 Å². The Morgan fingerprint density at radius 2 is 1.47 bits per heavy atom. The largest absolute Gasteiger partial charge is 0.506 e. The molecule has 4 nitrogen and oxygen atoms in total. The van der Waals surface area contributed by atoms with Gasteiger partial charge in [0.05, 0.1) is 0 Å². The summed E-state index contributed by atoms with van der Waals surface area (Å²) < 4.78 is 0. The highest BCUT2D eigenvalue weighted by molar-refractivity contribution is 5.55. The van der Waals surface area contributed by atoms with Crippen LogP contribution in [0.1, 0.15) is 5.56 Å². The van der Waals surface area contributed by atoms with E-state index in [2.05, 4.69) is 10.2 Å². The number of nitrogens with zero attached hydrogens (tertiary/aromatic N) is 2. The van der Waals surface area contributed by atoms with Crippen molar-refractivity contribution in [1.82, 2.24) is 0 Å². The first-order chi connectivity index (χ1) is 8.18. The normalized spacial score (nSPS) is 10.9. The Morgan fingerprint density at radius 3 is 2.24 bits per heavy atom. The maximum atomic E-state index is 9.73. The molecular weight excluding hydrogens is 216 g/mol. The molecule has 0 atom stereocenters. The number of phenolic OH excluding ortho intramolecular Hbond substituents is 2. The molecule has 2 N–H and O–H groups in total. The number of rotatable bonds is 2. The van der Waals surface area contributed by atoms with Crippen LogP contribution in [-0.4, -0.2) is 10.2 Å². The van der Waals surface area contributed by atoms with Crippen molar-refractivity contribution in [2.24, 2.45) is 10.2 Å². The summed E-state index contributed by atoms with van der Waals surface area (Å²) in [6.07, 6.45) is 0. The van der Waals surface area contributed by atoms with Crippen LogP contribution in [0, 0.1) is 6.92 Å². The van der Waals surface area contributed by atoms with Gasteiger partial charge < -0.3 is 10.2 Å². The van der Waals surface area contributed by atoms with Gasteiger partial charge in [-0.05, 0) is 30.7 Å². The third kappa shape index (κ3) is 2.42. The van der Waals surface area contributed by atoms with Crippen molar-refractivity contribution in [2.45, 2.75) is 6.92 Å². The topological polar surface area (TPSA) is 65.2 Å². The molecule has 86 valence electrons. The molecule has 2 aromatic rings. The van der Waals surface area contributed by atoms with Gasteiger partial charge in [-0.3, -0.25) is 0 Å². The molecule has 0 aliphatic heterocycles. The number of phenols is 2. The lowest BCUT2D eigenvalue weighted by Crippen LogP contribution is -1.74. The van der Waals surface area contributed by atoms with Crippen molar-refractivity contribution in [2.75, 3.05) is 0 Å². The van der Waals surface area contributed by atoms with E-state index < -0.39 is 0 Å². The molecular formula is C13H12N2O2. The molecule has 0 bridgehead atoms. The van der Waals surface area contributed by atoms with E-state index >= 15 is 0 Å². The van der Waals surface area contributed by atoms with Crippen LogP contribution < -0.4 is 0 Å². The van der Waals surface area contributed by atoms with E-state index in [0.717, 1.165) is 5.56 Å². The number of hydrogen-bond donors (Lipinski definition) is 2. The molecule has 0 fully saturated rings. The molecule has 0 saturated heterocycles. The number of benzene rings is 2.